The van der Waals surface area contributed by atoms with Gasteiger partial charge in [0.1, 0.15) is 0 Å². The topological polar surface area (TPSA) is 58.2 Å². The third-order valence-electron chi connectivity index (χ3n) is 2.22. The lowest BCUT2D eigenvalue weighted by molar-refractivity contribution is 0.554. The molecule has 0 saturated carbocycles. The Kier molecular flexibility index (Phi) is 5.22. The van der Waals surface area contributed by atoms with Crippen molar-refractivity contribution in [2.75, 3.05) is 13.6 Å². The van der Waals surface area contributed by atoms with Crippen LogP contribution in [0.5, 0.6) is 0 Å². The number of halogens is 2. The maximum absolute atomic E-state index is 11.9. The van der Waals surface area contributed by atoms with Crippen molar-refractivity contribution in [3.63, 3.8) is 0 Å². The summed E-state index contributed by atoms with van der Waals surface area (Å²) in [5.74, 6) is 0. The summed E-state index contributed by atoms with van der Waals surface area (Å²) in [6.07, 6.45) is 0. The smallest absolute Gasteiger partial charge is 0.240 e. The molecule has 7 heteroatoms. The van der Waals surface area contributed by atoms with Crippen LogP contribution in [0.3, 0.4) is 0 Å². The van der Waals surface area contributed by atoms with Gasteiger partial charge < -0.3 is 5.32 Å². The van der Waals surface area contributed by atoms with Gasteiger partial charge in [-0.25, -0.2) is 13.1 Å². The first-order valence-electron chi connectivity index (χ1n) is 4.98. The summed E-state index contributed by atoms with van der Waals surface area (Å²) in [5.41, 5.74) is 0. The second-order valence-corrected chi connectivity index (χ2v) is 6.29. The summed E-state index contributed by atoms with van der Waals surface area (Å²) >= 11 is 11.5. The fraction of sp³-hybridized carbons (Fsp3) is 0.400. The van der Waals surface area contributed by atoms with Crippen molar-refractivity contribution in [3.05, 3.63) is 28.2 Å². The fourth-order valence-electron chi connectivity index (χ4n) is 1.10. The van der Waals surface area contributed by atoms with E-state index < -0.39 is 10.0 Å². The second-order valence-electron chi connectivity index (χ2n) is 3.65. The number of hydrogen-bond donors (Lipinski definition) is 2. The molecule has 1 rings (SSSR count). The van der Waals surface area contributed by atoms with Gasteiger partial charge in [0.25, 0.3) is 0 Å². The average molecular weight is 297 g/mol. The van der Waals surface area contributed by atoms with Crippen LogP contribution in [0.4, 0.5) is 0 Å². The molecule has 0 amide bonds. The molecule has 0 aliphatic carbocycles. The van der Waals surface area contributed by atoms with Gasteiger partial charge in [0.2, 0.25) is 10.0 Å². The third kappa shape index (κ3) is 4.44. The molecule has 17 heavy (non-hydrogen) atoms. The first-order valence-corrected chi connectivity index (χ1v) is 7.22. The molecule has 0 spiro atoms. The van der Waals surface area contributed by atoms with Crippen molar-refractivity contribution < 1.29 is 8.42 Å². The summed E-state index contributed by atoms with van der Waals surface area (Å²) in [7, 11) is -1.81. The van der Waals surface area contributed by atoms with Gasteiger partial charge >= 0.3 is 0 Å². The normalized spacial score (nSPS) is 13.6. The molecule has 0 bridgehead atoms. The van der Waals surface area contributed by atoms with E-state index in [4.69, 9.17) is 23.2 Å². The van der Waals surface area contributed by atoms with Crippen molar-refractivity contribution in [1.82, 2.24) is 10.0 Å². The Hall–Kier alpha value is -0.330. The van der Waals surface area contributed by atoms with Crippen LogP contribution in [-0.2, 0) is 10.0 Å². The zero-order valence-corrected chi connectivity index (χ0v) is 11.8. The van der Waals surface area contributed by atoms with Crippen LogP contribution in [0.1, 0.15) is 6.92 Å². The number of sulfonamides is 1. The molecule has 0 fully saturated rings. The molecule has 1 aromatic rings. The maximum Gasteiger partial charge on any atom is 0.240 e. The number of benzene rings is 1. The van der Waals surface area contributed by atoms with Crippen molar-refractivity contribution in [1.29, 1.82) is 0 Å². The number of nitrogens with one attached hydrogen (secondary N) is 2. The predicted molar refractivity (Wildman–Crippen MR) is 70.2 cm³/mol. The standard InChI is InChI=1S/C10H14Cl2N2O2S/c1-7(13-2)6-14-17(15,16)10-4-8(11)3-9(12)5-10/h3-5,7,13-14H,6H2,1-2H3. The van der Waals surface area contributed by atoms with Gasteiger partial charge in [-0.15, -0.1) is 0 Å². The van der Waals surface area contributed by atoms with E-state index in [0.717, 1.165) is 0 Å². The molecule has 0 aromatic heterocycles. The summed E-state index contributed by atoms with van der Waals surface area (Å²) in [4.78, 5) is 0.0679. The molecule has 0 aliphatic heterocycles. The minimum atomic E-state index is -3.57. The number of likely N-dealkylation sites (N-methyl/N-ethyl adjacent to an activating group) is 1. The largest absolute Gasteiger partial charge is 0.316 e. The van der Waals surface area contributed by atoms with Gasteiger partial charge in [0.15, 0.2) is 0 Å². The van der Waals surface area contributed by atoms with E-state index in [1.807, 2.05) is 6.92 Å². The first-order chi connectivity index (χ1) is 7.85. The molecule has 0 heterocycles. The molecular weight excluding hydrogens is 283 g/mol. The van der Waals surface area contributed by atoms with Gasteiger partial charge in [-0.1, -0.05) is 23.2 Å². The quantitative estimate of drug-likeness (QED) is 0.872. The van der Waals surface area contributed by atoms with Gasteiger partial charge in [-0.2, -0.15) is 0 Å². The lowest BCUT2D eigenvalue weighted by Gasteiger charge is -2.12. The lowest BCUT2D eigenvalue weighted by atomic mass is 10.4. The molecule has 1 atom stereocenters. The average Bonchev–Trinajstić information content (AvgIpc) is 2.24. The van der Waals surface area contributed by atoms with Crippen LogP contribution in [0, 0.1) is 0 Å². The number of hydrogen-bond acceptors (Lipinski definition) is 3. The highest BCUT2D eigenvalue weighted by Crippen LogP contribution is 2.22. The molecule has 0 aliphatic rings. The highest BCUT2D eigenvalue weighted by Gasteiger charge is 2.15. The first kappa shape index (κ1) is 14.7. The fourth-order valence-corrected chi connectivity index (χ4v) is 2.96. The monoisotopic (exact) mass is 296 g/mol. The van der Waals surface area contributed by atoms with Crippen LogP contribution < -0.4 is 10.0 Å². The van der Waals surface area contributed by atoms with Crippen molar-refractivity contribution in [2.45, 2.75) is 17.9 Å². The van der Waals surface area contributed by atoms with Crippen LogP contribution in [0.25, 0.3) is 0 Å². The predicted octanol–water partition coefficient (Wildman–Crippen LogP) is 1.88. The Morgan fingerprint density at radius 2 is 1.76 bits per heavy atom. The summed E-state index contributed by atoms with van der Waals surface area (Å²) < 4.78 is 26.3. The SMILES string of the molecule is CNC(C)CNS(=O)(=O)c1cc(Cl)cc(Cl)c1. The van der Waals surface area contributed by atoms with Crippen molar-refractivity contribution >= 4 is 33.2 Å². The highest BCUT2D eigenvalue weighted by atomic mass is 35.5. The number of rotatable bonds is 5. The van der Waals surface area contributed by atoms with E-state index in [1.165, 1.54) is 18.2 Å². The molecular formula is C10H14Cl2N2O2S. The molecule has 2 N–H and O–H groups in total. The molecule has 0 radical (unpaired) electrons. The van der Waals surface area contributed by atoms with E-state index in [0.29, 0.717) is 16.6 Å². The van der Waals surface area contributed by atoms with Gasteiger partial charge in [0, 0.05) is 22.6 Å². The summed E-state index contributed by atoms with van der Waals surface area (Å²) in [5, 5.41) is 3.52. The Balaban J connectivity index is 2.89. The molecule has 0 saturated heterocycles. The zero-order chi connectivity index (χ0) is 13.1. The highest BCUT2D eigenvalue weighted by molar-refractivity contribution is 7.89. The zero-order valence-electron chi connectivity index (χ0n) is 9.50. The van der Waals surface area contributed by atoms with Gasteiger partial charge in [-0.3, -0.25) is 0 Å². The van der Waals surface area contributed by atoms with Crippen LogP contribution in [-0.4, -0.2) is 28.1 Å². The Morgan fingerprint density at radius 3 is 2.24 bits per heavy atom. The minimum absolute atomic E-state index is 0.0411. The van der Waals surface area contributed by atoms with Crippen molar-refractivity contribution in [3.8, 4) is 0 Å². The Labute approximate surface area is 111 Å². The van der Waals surface area contributed by atoms with E-state index in [2.05, 4.69) is 10.0 Å². The lowest BCUT2D eigenvalue weighted by Crippen LogP contribution is -2.37. The Morgan fingerprint density at radius 1 is 1.24 bits per heavy atom. The van der Waals surface area contributed by atoms with E-state index in [-0.39, 0.29) is 10.9 Å². The molecule has 4 nitrogen and oxygen atoms in total. The molecule has 1 aromatic carbocycles. The summed E-state index contributed by atoms with van der Waals surface area (Å²) in [6.45, 7) is 2.16. The van der Waals surface area contributed by atoms with E-state index in [1.54, 1.807) is 7.05 Å². The van der Waals surface area contributed by atoms with E-state index >= 15 is 0 Å². The van der Waals surface area contributed by atoms with Gasteiger partial charge in [0.05, 0.1) is 4.90 Å². The maximum atomic E-state index is 11.9. The summed E-state index contributed by atoms with van der Waals surface area (Å²) in [6, 6.07) is 4.25. The van der Waals surface area contributed by atoms with Crippen LogP contribution in [0.2, 0.25) is 10.0 Å². The molecule has 96 valence electrons. The van der Waals surface area contributed by atoms with Crippen LogP contribution >= 0.6 is 23.2 Å². The minimum Gasteiger partial charge on any atom is -0.316 e. The Bertz CT molecular complexity index is 471. The van der Waals surface area contributed by atoms with E-state index in [9.17, 15) is 8.42 Å². The van der Waals surface area contributed by atoms with Crippen molar-refractivity contribution in [2.24, 2.45) is 0 Å². The van der Waals surface area contributed by atoms with Crippen LogP contribution in [0.15, 0.2) is 23.1 Å². The molecule has 1 unspecified atom stereocenters. The third-order valence-corrected chi connectivity index (χ3v) is 4.06. The second kappa shape index (κ2) is 6.02. The van der Waals surface area contributed by atoms with Gasteiger partial charge in [-0.05, 0) is 32.2 Å².